The van der Waals surface area contributed by atoms with Gasteiger partial charge in [-0.2, -0.15) is 0 Å². The Kier molecular flexibility index (Phi) is 2.01. The zero-order valence-electron chi connectivity index (χ0n) is 5.77. The maximum Gasteiger partial charge on any atom is 0.0992 e. The monoisotopic (exact) mass is 169 g/mol. The lowest BCUT2D eigenvalue weighted by molar-refractivity contribution is 1.16. The van der Waals surface area contributed by atoms with Gasteiger partial charge in [0.15, 0.2) is 0 Å². The number of imidazole rings is 1. The topological polar surface area (TPSA) is 43.3 Å². The number of nitrogens with zero attached hydrogens (tertiary/aromatic N) is 2. The molecule has 0 aliphatic carbocycles. The lowest BCUT2D eigenvalue weighted by Gasteiger charge is -1.93. The van der Waals surface area contributed by atoms with Gasteiger partial charge in [0.1, 0.15) is 0 Å². The second-order valence-corrected chi connectivity index (χ2v) is 2.19. The number of hydrogen-bond donors (Lipinski definition) is 1. The first-order chi connectivity index (χ1) is 4.86. The van der Waals surface area contributed by atoms with E-state index in [2.05, 4.69) is 4.98 Å². The summed E-state index contributed by atoms with van der Waals surface area (Å²) in [6.45, 7) is 0. The number of halogens is 1. The number of anilines is 1. The van der Waals surface area contributed by atoms with Crippen LogP contribution in [-0.2, 0) is 0 Å². The Hall–Kier alpha value is -1.22. The lowest BCUT2D eigenvalue weighted by Crippen LogP contribution is -1.86. The van der Waals surface area contributed by atoms with Crippen LogP contribution in [0.15, 0.2) is 30.9 Å². The van der Waals surface area contributed by atoms with E-state index in [1.165, 1.54) is 0 Å². The summed E-state index contributed by atoms with van der Waals surface area (Å²) >= 11 is 0. The van der Waals surface area contributed by atoms with Gasteiger partial charge in [-0.15, -0.1) is 12.4 Å². The van der Waals surface area contributed by atoms with Crippen molar-refractivity contribution in [1.29, 1.82) is 0 Å². The molecular weight excluding hydrogens is 162 g/mol. The summed E-state index contributed by atoms with van der Waals surface area (Å²) < 4.78 is 1.91. The van der Waals surface area contributed by atoms with Crippen LogP contribution in [0, 0.1) is 0 Å². The van der Waals surface area contributed by atoms with E-state index >= 15 is 0 Å². The molecule has 0 fully saturated rings. The fourth-order valence-corrected chi connectivity index (χ4v) is 0.936. The van der Waals surface area contributed by atoms with Crippen LogP contribution in [0.1, 0.15) is 0 Å². The molecule has 2 N–H and O–H groups in total. The second kappa shape index (κ2) is 2.80. The normalized spacial score (nSPS) is 9.45. The molecule has 2 aromatic rings. The summed E-state index contributed by atoms with van der Waals surface area (Å²) in [6, 6.07) is 3.72. The maximum atomic E-state index is 5.54. The second-order valence-electron chi connectivity index (χ2n) is 2.19. The van der Waals surface area contributed by atoms with Gasteiger partial charge in [0, 0.05) is 11.9 Å². The Morgan fingerprint density at radius 1 is 1.45 bits per heavy atom. The third kappa shape index (κ3) is 1.28. The molecule has 0 saturated heterocycles. The van der Waals surface area contributed by atoms with E-state index in [0.717, 1.165) is 11.2 Å². The average molecular weight is 170 g/mol. The van der Waals surface area contributed by atoms with Crippen molar-refractivity contribution in [3.05, 3.63) is 30.9 Å². The van der Waals surface area contributed by atoms with Crippen molar-refractivity contribution in [3.8, 4) is 0 Å². The highest BCUT2D eigenvalue weighted by Gasteiger charge is 1.90. The van der Waals surface area contributed by atoms with E-state index in [-0.39, 0.29) is 12.4 Å². The van der Waals surface area contributed by atoms with Crippen LogP contribution in [0.5, 0.6) is 0 Å². The van der Waals surface area contributed by atoms with Crippen molar-refractivity contribution >= 4 is 23.6 Å². The number of hydrogen-bond acceptors (Lipinski definition) is 2. The van der Waals surface area contributed by atoms with Crippen LogP contribution in [0.25, 0.3) is 5.52 Å². The van der Waals surface area contributed by atoms with Crippen molar-refractivity contribution in [1.82, 2.24) is 9.38 Å². The van der Waals surface area contributed by atoms with Gasteiger partial charge in [0.05, 0.1) is 18.0 Å². The first-order valence-electron chi connectivity index (χ1n) is 3.03. The number of nitrogens with two attached hydrogens (primary N) is 1. The van der Waals surface area contributed by atoms with E-state index in [4.69, 9.17) is 5.73 Å². The van der Waals surface area contributed by atoms with Gasteiger partial charge in [0.2, 0.25) is 0 Å². The van der Waals surface area contributed by atoms with Crippen LogP contribution in [0.2, 0.25) is 0 Å². The number of pyridine rings is 1. The van der Waals surface area contributed by atoms with Crippen LogP contribution in [0.3, 0.4) is 0 Å². The van der Waals surface area contributed by atoms with Crippen molar-refractivity contribution in [3.63, 3.8) is 0 Å². The smallest absolute Gasteiger partial charge is 0.0992 e. The van der Waals surface area contributed by atoms with E-state index in [1.54, 1.807) is 12.5 Å². The van der Waals surface area contributed by atoms with Gasteiger partial charge < -0.3 is 10.1 Å². The minimum Gasteiger partial charge on any atom is -0.399 e. The molecule has 0 amide bonds. The summed E-state index contributed by atoms with van der Waals surface area (Å²) in [4.78, 5) is 3.95. The van der Waals surface area contributed by atoms with Gasteiger partial charge in [-0.05, 0) is 12.1 Å². The molecule has 2 heterocycles. The Bertz CT molecular complexity index is 355. The summed E-state index contributed by atoms with van der Waals surface area (Å²) in [5.74, 6) is 0. The molecule has 2 rings (SSSR count). The van der Waals surface area contributed by atoms with Crippen LogP contribution in [-0.4, -0.2) is 9.38 Å². The molecule has 2 aromatic heterocycles. The highest BCUT2D eigenvalue weighted by molar-refractivity contribution is 5.85. The number of nitrogen functional groups attached to an aromatic ring is 1. The number of aromatic nitrogens is 2. The zero-order chi connectivity index (χ0) is 6.97. The first-order valence-corrected chi connectivity index (χ1v) is 3.03. The predicted octanol–water partition coefficient (Wildman–Crippen LogP) is 1.34. The third-order valence-electron chi connectivity index (χ3n) is 1.44. The van der Waals surface area contributed by atoms with E-state index in [1.807, 2.05) is 22.7 Å². The lowest BCUT2D eigenvalue weighted by atomic mass is 10.4. The van der Waals surface area contributed by atoms with Crippen molar-refractivity contribution in [2.45, 2.75) is 0 Å². The highest BCUT2D eigenvalue weighted by Crippen LogP contribution is 2.06. The molecule has 0 aliphatic heterocycles. The molecule has 0 saturated carbocycles. The fourth-order valence-electron chi connectivity index (χ4n) is 0.936. The molecule has 3 nitrogen and oxygen atoms in total. The van der Waals surface area contributed by atoms with Gasteiger partial charge in [-0.3, -0.25) is 0 Å². The SMILES string of the molecule is Cl.Nc1ccn2cncc2c1. The molecule has 0 spiro atoms. The summed E-state index contributed by atoms with van der Waals surface area (Å²) in [7, 11) is 0. The summed E-state index contributed by atoms with van der Waals surface area (Å²) in [5.41, 5.74) is 7.34. The zero-order valence-corrected chi connectivity index (χ0v) is 6.58. The van der Waals surface area contributed by atoms with Crippen molar-refractivity contribution < 1.29 is 0 Å². The van der Waals surface area contributed by atoms with Gasteiger partial charge in [-0.1, -0.05) is 0 Å². The molecule has 58 valence electrons. The highest BCUT2D eigenvalue weighted by atomic mass is 35.5. The summed E-state index contributed by atoms with van der Waals surface area (Å²) in [5, 5.41) is 0. The molecule has 0 radical (unpaired) electrons. The predicted molar refractivity (Wildman–Crippen MR) is 46.9 cm³/mol. The molecular formula is C7H8ClN3. The van der Waals surface area contributed by atoms with Crippen LogP contribution in [0.4, 0.5) is 5.69 Å². The minimum absolute atomic E-state index is 0. The van der Waals surface area contributed by atoms with Crippen molar-refractivity contribution in [2.75, 3.05) is 5.73 Å². The molecule has 0 bridgehead atoms. The number of rotatable bonds is 0. The van der Waals surface area contributed by atoms with Gasteiger partial charge >= 0.3 is 0 Å². The fraction of sp³-hybridized carbons (Fsp3) is 0. The largest absolute Gasteiger partial charge is 0.399 e. The Morgan fingerprint density at radius 2 is 2.27 bits per heavy atom. The number of fused-ring (bicyclic) bond motifs is 1. The van der Waals surface area contributed by atoms with Gasteiger partial charge in [0.25, 0.3) is 0 Å². The van der Waals surface area contributed by atoms with E-state index < -0.39 is 0 Å². The van der Waals surface area contributed by atoms with Crippen LogP contribution >= 0.6 is 12.4 Å². The van der Waals surface area contributed by atoms with Crippen LogP contribution < -0.4 is 5.73 Å². The molecule has 0 aromatic carbocycles. The van der Waals surface area contributed by atoms with Gasteiger partial charge in [-0.25, -0.2) is 4.98 Å². The van der Waals surface area contributed by atoms with E-state index in [0.29, 0.717) is 0 Å². The Morgan fingerprint density at radius 3 is 3.09 bits per heavy atom. The average Bonchev–Trinajstić information content (AvgIpc) is 2.33. The summed E-state index contributed by atoms with van der Waals surface area (Å²) in [6.07, 6.45) is 5.41. The van der Waals surface area contributed by atoms with E-state index in [9.17, 15) is 0 Å². The Labute approximate surface area is 70.3 Å². The molecule has 0 atom stereocenters. The molecule has 0 aliphatic rings. The molecule has 11 heavy (non-hydrogen) atoms. The maximum absolute atomic E-state index is 5.54. The Balaban J connectivity index is 0.000000605. The minimum atomic E-state index is 0. The third-order valence-corrected chi connectivity index (χ3v) is 1.44. The first kappa shape index (κ1) is 7.88. The molecule has 0 unspecified atom stereocenters. The quantitative estimate of drug-likeness (QED) is 0.647. The molecule has 4 heteroatoms. The van der Waals surface area contributed by atoms with Crippen molar-refractivity contribution in [2.24, 2.45) is 0 Å². The standard InChI is InChI=1S/C7H7N3.ClH/c8-6-1-2-10-5-9-4-7(10)3-6;/h1-5H,8H2;1H.